The van der Waals surface area contributed by atoms with Gasteiger partial charge in [0.25, 0.3) is 0 Å². The van der Waals surface area contributed by atoms with Crippen LogP contribution in [0.4, 0.5) is 0 Å². The standard InChI is InChI=1S/C6H10O2.C2H6/c7-5-3-1-2-4-6-8;1-2/h5-6H,1-4H2;1-2H3. The lowest BCUT2D eigenvalue weighted by Gasteiger charge is -1.85. The van der Waals surface area contributed by atoms with Crippen LogP contribution in [-0.4, -0.2) is 12.6 Å². The SMILES string of the molecule is CC.O=CCCCCC=O. The second-order valence-corrected chi connectivity index (χ2v) is 1.62. The summed E-state index contributed by atoms with van der Waals surface area (Å²) in [6.45, 7) is 4.00. The highest BCUT2D eigenvalue weighted by Crippen LogP contribution is 1.93. The Bertz CT molecular complexity index is 59.7. The molecule has 0 aliphatic heterocycles. The second kappa shape index (κ2) is 15.8. The van der Waals surface area contributed by atoms with Crippen LogP contribution in [0.5, 0.6) is 0 Å². The van der Waals surface area contributed by atoms with Crippen LogP contribution in [0.3, 0.4) is 0 Å². The molecule has 0 unspecified atom stereocenters. The molecule has 0 heterocycles. The Morgan fingerprint density at radius 1 is 0.900 bits per heavy atom. The quantitative estimate of drug-likeness (QED) is 0.436. The van der Waals surface area contributed by atoms with E-state index in [1.807, 2.05) is 13.8 Å². The van der Waals surface area contributed by atoms with Gasteiger partial charge < -0.3 is 9.59 Å². The van der Waals surface area contributed by atoms with Gasteiger partial charge in [-0.2, -0.15) is 0 Å². The molecule has 0 saturated heterocycles. The molecule has 0 aromatic carbocycles. The lowest BCUT2D eigenvalue weighted by Crippen LogP contribution is -1.78. The lowest BCUT2D eigenvalue weighted by atomic mass is 10.2. The van der Waals surface area contributed by atoms with Crippen LogP contribution in [0.15, 0.2) is 0 Å². The van der Waals surface area contributed by atoms with Gasteiger partial charge in [-0.25, -0.2) is 0 Å². The van der Waals surface area contributed by atoms with Crippen molar-refractivity contribution in [2.45, 2.75) is 39.5 Å². The van der Waals surface area contributed by atoms with Crippen molar-refractivity contribution in [3.05, 3.63) is 0 Å². The van der Waals surface area contributed by atoms with Gasteiger partial charge in [0.1, 0.15) is 12.6 Å². The molecule has 0 fully saturated rings. The van der Waals surface area contributed by atoms with Gasteiger partial charge in [0, 0.05) is 12.8 Å². The van der Waals surface area contributed by atoms with Gasteiger partial charge in [-0.15, -0.1) is 0 Å². The number of hydrogen-bond donors (Lipinski definition) is 0. The van der Waals surface area contributed by atoms with Crippen molar-refractivity contribution in [2.24, 2.45) is 0 Å². The normalized spacial score (nSPS) is 7.40. The first kappa shape index (κ1) is 12.1. The molecule has 2 nitrogen and oxygen atoms in total. The van der Waals surface area contributed by atoms with Crippen molar-refractivity contribution in [2.75, 3.05) is 0 Å². The van der Waals surface area contributed by atoms with Gasteiger partial charge in [-0.1, -0.05) is 13.8 Å². The minimum atomic E-state index is 0.591. The molecule has 0 radical (unpaired) electrons. The van der Waals surface area contributed by atoms with E-state index in [-0.39, 0.29) is 0 Å². The molecule has 0 bridgehead atoms. The minimum Gasteiger partial charge on any atom is -0.303 e. The molecule has 60 valence electrons. The highest BCUT2D eigenvalue weighted by atomic mass is 16.1. The molecule has 0 aromatic heterocycles. The van der Waals surface area contributed by atoms with E-state index in [0.29, 0.717) is 12.8 Å². The first-order valence-corrected chi connectivity index (χ1v) is 3.79. The highest BCUT2D eigenvalue weighted by Gasteiger charge is 1.83. The molecule has 0 saturated carbocycles. The second-order valence-electron chi connectivity index (χ2n) is 1.62. The number of unbranched alkanes of at least 4 members (excludes halogenated alkanes) is 3. The molecular weight excluding hydrogens is 128 g/mol. The van der Waals surface area contributed by atoms with Crippen LogP contribution >= 0.6 is 0 Å². The first-order chi connectivity index (χ1) is 4.91. The van der Waals surface area contributed by atoms with Gasteiger partial charge in [0.15, 0.2) is 0 Å². The van der Waals surface area contributed by atoms with Crippen molar-refractivity contribution in [1.29, 1.82) is 0 Å². The Morgan fingerprint density at radius 3 is 1.40 bits per heavy atom. The van der Waals surface area contributed by atoms with Gasteiger partial charge in [0.05, 0.1) is 0 Å². The molecule has 10 heavy (non-hydrogen) atoms. The zero-order valence-corrected chi connectivity index (χ0v) is 6.80. The molecule has 0 atom stereocenters. The van der Waals surface area contributed by atoms with Crippen molar-refractivity contribution in [3.8, 4) is 0 Å². The predicted octanol–water partition coefficient (Wildman–Crippen LogP) is 1.97. The third-order valence-corrected chi connectivity index (χ3v) is 0.894. The van der Waals surface area contributed by atoms with Crippen LogP contribution < -0.4 is 0 Å². The van der Waals surface area contributed by atoms with E-state index in [4.69, 9.17) is 0 Å². The smallest absolute Gasteiger partial charge is 0.119 e. The maximum atomic E-state index is 9.68. The fraction of sp³-hybridized carbons (Fsp3) is 0.750. The summed E-state index contributed by atoms with van der Waals surface area (Å²) in [5.74, 6) is 0. The maximum Gasteiger partial charge on any atom is 0.119 e. The molecule has 0 aromatic rings. The summed E-state index contributed by atoms with van der Waals surface area (Å²) in [7, 11) is 0. The molecule has 0 aliphatic rings. The monoisotopic (exact) mass is 144 g/mol. The Hall–Kier alpha value is -0.660. The van der Waals surface area contributed by atoms with Crippen molar-refractivity contribution >= 4 is 12.6 Å². The van der Waals surface area contributed by atoms with E-state index in [1.165, 1.54) is 0 Å². The summed E-state index contributed by atoms with van der Waals surface area (Å²) in [6, 6.07) is 0. The fourth-order valence-electron chi connectivity index (χ4n) is 0.455. The topological polar surface area (TPSA) is 34.1 Å². The molecule has 2 heteroatoms. The Morgan fingerprint density at radius 2 is 1.20 bits per heavy atom. The summed E-state index contributed by atoms with van der Waals surface area (Å²) < 4.78 is 0. The third kappa shape index (κ3) is 15.7. The van der Waals surface area contributed by atoms with Gasteiger partial charge in [0.2, 0.25) is 0 Å². The van der Waals surface area contributed by atoms with E-state index >= 15 is 0 Å². The van der Waals surface area contributed by atoms with Crippen molar-refractivity contribution in [3.63, 3.8) is 0 Å². The molecule has 0 amide bonds. The van der Waals surface area contributed by atoms with Gasteiger partial charge >= 0.3 is 0 Å². The predicted molar refractivity (Wildman–Crippen MR) is 41.9 cm³/mol. The summed E-state index contributed by atoms with van der Waals surface area (Å²) in [5.41, 5.74) is 0. The zero-order valence-electron chi connectivity index (χ0n) is 6.80. The largest absolute Gasteiger partial charge is 0.303 e. The van der Waals surface area contributed by atoms with E-state index in [9.17, 15) is 9.59 Å². The Kier molecular flexibility index (Phi) is 19.0. The number of carbonyl (C=O) groups is 2. The summed E-state index contributed by atoms with van der Waals surface area (Å²) in [4.78, 5) is 19.4. The summed E-state index contributed by atoms with van der Waals surface area (Å²) in [5, 5.41) is 0. The average Bonchev–Trinajstić information content (AvgIpc) is 2.02. The molecule has 0 aliphatic carbocycles. The molecule has 0 N–H and O–H groups in total. The van der Waals surface area contributed by atoms with E-state index < -0.39 is 0 Å². The van der Waals surface area contributed by atoms with Crippen LogP contribution in [0, 0.1) is 0 Å². The highest BCUT2D eigenvalue weighted by molar-refractivity contribution is 5.50. The minimum absolute atomic E-state index is 0.591. The maximum absolute atomic E-state index is 9.68. The Labute approximate surface area is 62.6 Å². The molecule has 0 rings (SSSR count). The Balaban J connectivity index is 0. The van der Waals surface area contributed by atoms with Crippen LogP contribution in [-0.2, 0) is 9.59 Å². The number of rotatable bonds is 5. The first-order valence-electron chi connectivity index (χ1n) is 3.79. The summed E-state index contributed by atoms with van der Waals surface area (Å²) >= 11 is 0. The zero-order chi connectivity index (χ0) is 8.24. The van der Waals surface area contributed by atoms with Crippen molar-refractivity contribution < 1.29 is 9.59 Å². The van der Waals surface area contributed by atoms with Crippen LogP contribution in [0.1, 0.15) is 39.5 Å². The fourth-order valence-corrected chi connectivity index (χ4v) is 0.455. The van der Waals surface area contributed by atoms with Crippen LogP contribution in [0.2, 0.25) is 0 Å². The van der Waals surface area contributed by atoms with Crippen LogP contribution in [0.25, 0.3) is 0 Å². The van der Waals surface area contributed by atoms with E-state index in [0.717, 1.165) is 25.4 Å². The average molecular weight is 144 g/mol. The molecular formula is C8H16O2. The lowest BCUT2D eigenvalue weighted by molar-refractivity contribution is -0.109. The number of aldehydes is 2. The number of carbonyl (C=O) groups excluding carboxylic acids is 2. The molecule has 0 spiro atoms. The van der Waals surface area contributed by atoms with E-state index in [1.54, 1.807) is 0 Å². The van der Waals surface area contributed by atoms with Gasteiger partial charge in [-0.3, -0.25) is 0 Å². The number of hydrogen-bond acceptors (Lipinski definition) is 2. The third-order valence-electron chi connectivity index (χ3n) is 0.894. The van der Waals surface area contributed by atoms with E-state index in [2.05, 4.69) is 0 Å². The van der Waals surface area contributed by atoms with Gasteiger partial charge in [-0.05, 0) is 12.8 Å². The summed E-state index contributed by atoms with van der Waals surface area (Å²) in [6.07, 6.45) is 4.64. The van der Waals surface area contributed by atoms with Crippen molar-refractivity contribution in [1.82, 2.24) is 0 Å².